The highest BCUT2D eigenvalue weighted by atomic mass is 32.2. The van der Waals surface area contributed by atoms with Gasteiger partial charge in [0.05, 0.1) is 11.5 Å². The summed E-state index contributed by atoms with van der Waals surface area (Å²) in [5, 5.41) is 13.1. The molecule has 1 amide bonds. The second kappa shape index (κ2) is 11.4. The van der Waals surface area contributed by atoms with Gasteiger partial charge in [-0.1, -0.05) is 42.5 Å². The molecule has 0 spiro atoms. The summed E-state index contributed by atoms with van der Waals surface area (Å²) >= 11 is 0. The SMILES string of the molecule is CC(=O)Nc1ccc(S(=O)(=O)N2CCCCN3[C@H](CO)[C@@H](c4ccc(-c5cccc(C)c5C)cc4)[C@@H]3C2)c(C)c1. The van der Waals surface area contributed by atoms with Crippen LogP contribution in [0.2, 0.25) is 0 Å². The standard InChI is InChI=1S/C32H39N3O4S/c1-21-8-7-9-28(23(21)3)25-10-12-26(13-11-25)32-29-19-34(16-5-6-17-35(29)30(32)20-36)40(38,39)31-15-14-27(18-22(31)2)33-24(4)37/h7-15,18,29-30,32,36H,5-6,16-17,19-20H2,1-4H3,(H,33,37)/t29-,30+,32-/m0/s1. The summed E-state index contributed by atoms with van der Waals surface area (Å²) in [4.78, 5) is 14.0. The highest BCUT2D eigenvalue weighted by Crippen LogP contribution is 2.43. The molecule has 2 fully saturated rings. The second-order valence-electron chi connectivity index (χ2n) is 11.2. The molecule has 3 aromatic carbocycles. The lowest BCUT2D eigenvalue weighted by Crippen LogP contribution is -2.67. The number of aliphatic hydroxyl groups is 1. The van der Waals surface area contributed by atoms with Crippen LogP contribution in [0, 0.1) is 20.8 Å². The highest BCUT2D eigenvalue weighted by molar-refractivity contribution is 7.89. The van der Waals surface area contributed by atoms with Gasteiger partial charge in [-0.25, -0.2) is 8.42 Å². The summed E-state index contributed by atoms with van der Waals surface area (Å²) in [5.41, 5.74) is 7.20. The molecule has 7 nitrogen and oxygen atoms in total. The lowest BCUT2D eigenvalue weighted by atomic mass is 9.74. The van der Waals surface area contributed by atoms with E-state index in [1.165, 1.54) is 23.6 Å². The maximum absolute atomic E-state index is 13.9. The monoisotopic (exact) mass is 561 g/mol. The number of carbonyl (C=O) groups excluding carboxylic acids is 1. The molecule has 2 heterocycles. The number of sulfonamides is 1. The minimum absolute atomic E-state index is 0.0160. The first-order valence-electron chi connectivity index (χ1n) is 14.0. The van der Waals surface area contributed by atoms with Crippen molar-refractivity contribution in [2.75, 3.05) is 31.6 Å². The number of aryl methyl sites for hydroxylation is 2. The molecule has 0 saturated carbocycles. The Labute approximate surface area is 237 Å². The molecule has 2 N–H and O–H groups in total. The summed E-state index contributed by atoms with van der Waals surface area (Å²) in [6.45, 7) is 9.17. The van der Waals surface area contributed by atoms with E-state index < -0.39 is 10.0 Å². The first-order chi connectivity index (χ1) is 19.1. The van der Waals surface area contributed by atoms with Gasteiger partial charge in [0.2, 0.25) is 15.9 Å². The van der Waals surface area contributed by atoms with Gasteiger partial charge in [0.15, 0.2) is 0 Å². The van der Waals surface area contributed by atoms with Crippen molar-refractivity contribution in [3.8, 4) is 11.1 Å². The van der Waals surface area contributed by atoms with Crippen LogP contribution in [0.4, 0.5) is 5.69 Å². The van der Waals surface area contributed by atoms with Crippen LogP contribution in [0.25, 0.3) is 11.1 Å². The highest BCUT2D eigenvalue weighted by Gasteiger charge is 2.50. The lowest BCUT2D eigenvalue weighted by Gasteiger charge is -2.57. The maximum atomic E-state index is 13.9. The number of nitrogens with zero attached hydrogens (tertiary/aromatic N) is 2. The number of nitrogens with one attached hydrogen (secondary N) is 1. The molecule has 3 atom stereocenters. The lowest BCUT2D eigenvalue weighted by molar-refractivity contribution is -0.114. The number of amides is 1. The Morgan fingerprint density at radius 1 is 0.975 bits per heavy atom. The molecule has 0 unspecified atom stereocenters. The number of hydrogen-bond donors (Lipinski definition) is 2. The van der Waals surface area contributed by atoms with Gasteiger partial charge >= 0.3 is 0 Å². The Balaban J connectivity index is 1.42. The first kappa shape index (κ1) is 28.5. The molecular weight excluding hydrogens is 522 g/mol. The van der Waals surface area contributed by atoms with Crippen LogP contribution in [0.15, 0.2) is 65.6 Å². The number of rotatable bonds is 6. The summed E-state index contributed by atoms with van der Waals surface area (Å²) in [6.07, 6.45) is 1.64. The molecule has 212 valence electrons. The van der Waals surface area contributed by atoms with Gasteiger partial charge in [0.1, 0.15) is 0 Å². The predicted octanol–water partition coefficient (Wildman–Crippen LogP) is 4.85. The molecule has 5 rings (SSSR count). The van der Waals surface area contributed by atoms with Gasteiger partial charge in [-0.2, -0.15) is 4.31 Å². The van der Waals surface area contributed by atoms with E-state index in [1.807, 2.05) is 0 Å². The normalized spacial score (nSPS) is 22.1. The number of aliphatic hydroxyl groups excluding tert-OH is 1. The van der Waals surface area contributed by atoms with Gasteiger partial charge in [0, 0.05) is 43.7 Å². The Morgan fingerprint density at radius 3 is 2.38 bits per heavy atom. The van der Waals surface area contributed by atoms with E-state index in [4.69, 9.17) is 0 Å². The fourth-order valence-corrected chi connectivity index (χ4v) is 8.14. The van der Waals surface area contributed by atoms with E-state index >= 15 is 0 Å². The zero-order valence-corrected chi connectivity index (χ0v) is 24.5. The van der Waals surface area contributed by atoms with Crippen LogP contribution in [-0.4, -0.2) is 67.0 Å². The van der Waals surface area contributed by atoms with Crippen molar-refractivity contribution in [2.45, 2.75) is 63.4 Å². The largest absolute Gasteiger partial charge is 0.395 e. The second-order valence-corrected chi connectivity index (χ2v) is 13.1. The average Bonchev–Trinajstić information content (AvgIpc) is 2.89. The predicted molar refractivity (Wildman–Crippen MR) is 159 cm³/mol. The number of fused-ring (bicyclic) bond motifs is 1. The topological polar surface area (TPSA) is 90.0 Å². The van der Waals surface area contributed by atoms with Gasteiger partial charge in [0.25, 0.3) is 0 Å². The summed E-state index contributed by atoms with van der Waals surface area (Å²) in [6, 6.07) is 19.8. The summed E-state index contributed by atoms with van der Waals surface area (Å²) in [5.74, 6) is -0.160. The van der Waals surface area contributed by atoms with Crippen LogP contribution in [0.5, 0.6) is 0 Å². The van der Waals surface area contributed by atoms with E-state index in [1.54, 1.807) is 29.4 Å². The third kappa shape index (κ3) is 5.33. The Morgan fingerprint density at radius 2 is 1.70 bits per heavy atom. The van der Waals surface area contributed by atoms with E-state index in [9.17, 15) is 18.3 Å². The average molecular weight is 562 g/mol. The number of carbonyl (C=O) groups is 1. The molecule has 8 heteroatoms. The summed E-state index contributed by atoms with van der Waals surface area (Å²) < 4.78 is 29.4. The van der Waals surface area contributed by atoms with E-state index in [0.29, 0.717) is 24.3 Å². The molecular formula is C32H39N3O4S. The van der Waals surface area contributed by atoms with E-state index in [0.717, 1.165) is 30.5 Å². The van der Waals surface area contributed by atoms with E-state index in [-0.39, 0.29) is 35.4 Å². The Hall–Kier alpha value is -3.04. The fourth-order valence-electron chi connectivity index (χ4n) is 6.43. The molecule has 2 aliphatic rings. The van der Waals surface area contributed by atoms with E-state index in [2.05, 4.69) is 66.5 Å². The number of benzene rings is 3. The first-order valence-corrected chi connectivity index (χ1v) is 15.5. The zero-order valence-electron chi connectivity index (χ0n) is 23.7. The van der Waals surface area contributed by atoms with Crippen LogP contribution in [0.1, 0.15) is 47.9 Å². The third-order valence-electron chi connectivity index (χ3n) is 8.66. The molecule has 0 aromatic heterocycles. The van der Waals surface area contributed by atoms with Crippen molar-refractivity contribution in [3.63, 3.8) is 0 Å². The fraction of sp³-hybridized carbons (Fsp3) is 0.406. The molecule has 0 radical (unpaired) electrons. The Bertz CT molecular complexity index is 1500. The van der Waals surface area contributed by atoms with Crippen molar-refractivity contribution in [3.05, 3.63) is 82.9 Å². The van der Waals surface area contributed by atoms with Gasteiger partial charge in [-0.3, -0.25) is 9.69 Å². The van der Waals surface area contributed by atoms with Crippen molar-refractivity contribution < 1.29 is 18.3 Å². The van der Waals surface area contributed by atoms with Crippen LogP contribution in [-0.2, 0) is 14.8 Å². The summed E-state index contributed by atoms with van der Waals surface area (Å²) in [7, 11) is -3.75. The van der Waals surface area contributed by atoms with Gasteiger partial charge < -0.3 is 10.4 Å². The van der Waals surface area contributed by atoms with Crippen LogP contribution < -0.4 is 5.32 Å². The molecule has 40 heavy (non-hydrogen) atoms. The van der Waals surface area contributed by atoms with Gasteiger partial charge in [-0.15, -0.1) is 0 Å². The van der Waals surface area contributed by atoms with Crippen molar-refractivity contribution >= 4 is 21.6 Å². The van der Waals surface area contributed by atoms with Crippen molar-refractivity contribution in [1.82, 2.24) is 9.21 Å². The maximum Gasteiger partial charge on any atom is 0.243 e. The molecule has 2 aliphatic heterocycles. The van der Waals surface area contributed by atoms with Crippen molar-refractivity contribution in [1.29, 1.82) is 0 Å². The minimum Gasteiger partial charge on any atom is -0.395 e. The smallest absolute Gasteiger partial charge is 0.243 e. The number of anilines is 1. The minimum atomic E-state index is -3.75. The molecule has 2 saturated heterocycles. The van der Waals surface area contributed by atoms with Gasteiger partial charge in [-0.05, 0) is 91.7 Å². The van der Waals surface area contributed by atoms with Crippen LogP contribution >= 0.6 is 0 Å². The number of hydrogen-bond acceptors (Lipinski definition) is 5. The molecule has 0 bridgehead atoms. The molecule has 3 aromatic rings. The van der Waals surface area contributed by atoms with Crippen LogP contribution in [0.3, 0.4) is 0 Å². The Kier molecular flexibility index (Phi) is 8.15. The van der Waals surface area contributed by atoms with Crippen molar-refractivity contribution in [2.24, 2.45) is 0 Å². The zero-order chi connectivity index (χ0) is 28.6. The molecule has 0 aliphatic carbocycles. The third-order valence-corrected chi connectivity index (χ3v) is 10.7. The quantitative estimate of drug-likeness (QED) is 0.449.